The van der Waals surface area contributed by atoms with Crippen LogP contribution in [0.1, 0.15) is 0 Å². The molecule has 0 unspecified atom stereocenters. The van der Waals surface area contributed by atoms with Crippen LogP contribution in [0.2, 0.25) is 0 Å². The maximum atomic E-state index is 11.3. The Morgan fingerprint density at radius 1 is 1.29 bits per heavy atom. The lowest BCUT2D eigenvalue weighted by molar-refractivity contribution is 0.554. The van der Waals surface area contributed by atoms with E-state index in [1.165, 1.54) is 0 Å². The zero-order valence-corrected chi connectivity index (χ0v) is 8.49. The first-order chi connectivity index (χ1) is 6.55. The van der Waals surface area contributed by atoms with Gasteiger partial charge in [0.25, 0.3) is 0 Å². The molecule has 5 heteroatoms. The normalized spacial score (nSPS) is 10.9. The van der Waals surface area contributed by atoms with E-state index in [9.17, 15) is 13.2 Å². The molecule has 0 aromatic heterocycles. The van der Waals surface area contributed by atoms with Crippen LogP contribution < -0.4 is 4.31 Å². The van der Waals surface area contributed by atoms with Crippen LogP contribution in [0.15, 0.2) is 30.3 Å². The van der Waals surface area contributed by atoms with Gasteiger partial charge in [0, 0.05) is 0 Å². The van der Waals surface area contributed by atoms with Crippen molar-refractivity contribution in [3.05, 3.63) is 30.3 Å². The molecule has 0 aliphatic rings. The number of nitrogens with zero attached hydrogens (tertiary/aromatic N) is 1. The van der Waals surface area contributed by atoms with E-state index in [2.05, 4.69) is 0 Å². The highest BCUT2D eigenvalue weighted by Crippen LogP contribution is 2.15. The summed E-state index contributed by atoms with van der Waals surface area (Å²) < 4.78 is 23.5. The number of rotatable bonds is 4. The zero-order chi connectivity index (χ0) is 10.6. The third-order valence-corrected chi connectivity index (χ3v) is 2.79. The lowest BCUT2D eigenvalue weighted by Crippen LogP contribution is -2.31. The van der Waals surface area contributed by atoms with E-state index in [1.54, 1.807) is 36.6 Å². The third-order valence-electron chi connectivity index (χ3n) is 1.65. The minimum Gasteiger partial charge on any atom is -0.289 e. The van der Waals surface area contributed by atoms with Crippen LogP contribution in [-0.2, 0) is 14.8 Å². The van der Waals surface area contributed by atoms with Crippen molar-refractivity contribution in [3.8, 4) is 0 Å². The first kappa shape index (κ1) is 10.7. The number of para-hydroxylation sites is 1. The lowest BCUT2D eigenvalue weighted by Gasteiger charge is -2.18. The van der Waals surface area contributed by atoms with Crippen LogP contribution in [-0.4, -0.2) is 27.5 Å². The van der Waals surface area contributed by atoms with Gasteiger partial charge >= 0.3 is 0 Å². The molecule has 14 heavy (non-hydrogen) atoms. The van der Waals surface area contributed by atoms with Crippen LogP contribution in [0.4, 0.5) is 5.69 Å². The van der Waals surface area contributed by atoms with Gasteiger partial charge < -0.3 is 0 Å². The lowest BCUT2D eigenvalue weighted by atomic mass is 10.3. The van der Waals surface area contributed by atoms with Gasteiger partial charge in [0.15, 0.2) is 0 Å². The quantitative estimate of drug-likeness (QED) is 0.733. The van der Waals surface area contributed by atoms with Gasteiger partial charge in [0.05, 0.1) is 11.9 Å². The van der Waals surface area contributed by atoms with Crippen LogP contribution in [0.25, 0.3) is 0 Å². The second-order valence-electron chi connectivity index (χ2n) is 2.75. The molecular formula is C9H10NO3S. The minimum atomic E-state index is -3.41. The third kappa shape index (κ3) is 2.56. The molecule has 0 saturated heterocycles. The molecule has 0 bridgehead atoms. The molecule has 0 saturated carbocycles. The molecular weight excluding hydrogens is 202 g/mol. The van der Waals surface area contributed by atoms with Crippen molar-refractivity contribution in [1.82, 2.24) is 0 Å². The first-order valence-corrected chi connectivity index (χ1v) is 5.78. The summed E-state index contributed by atoms with van der Waals surface area (Å²) in [6.45, 7) is -0.275. The summed E-state index contributed by atoms with van der Waals surface area (Å²) in [5, 5.41) is 0. The smallest absolute Gasteiger partial charge is 0.232 e. The molecule has 0 aliphatic carbocycles. The van der Waals surface area contributed by atoms with Gasteiger partial charge in [-0.2, -0.15) is 0 Å². The van der Waals surface area contributed by atoms with Crippen molar-refractivity contribution >= 4 is 22.0 Å². The Labute approximate surface area is 83.2 Å². The Kier molecular flexibility index (Phi) is 3.24. The van der Waals surface area contributed by atoms with Gasteiger partial charge in [-0.1, -0.05) is 18.2 Å². The second-order valence-corrected chi connectivity index (χ2v) is 4.66. The first-order valence-electron chi connectivity index (χ1n) is 3.93. The Balaban J connectivity index is 3.07. The van der Waals surface area contributed by atoms with Gasteiger partial charge in [-0.05, 0) is 12.1 Å². The van der Waals surface area contributed by atoms with Crippen molar-refractivity contribution in [2.75, 3.05) is 17.1 Å². The van der Waals surface area contributed by atoms with Crippen LogP contribution in [0.3, 0.4) is 0 Å². The largest absolute Gasteiger partial charge is 0.289 e. The Morgan fingerprint density at radius 2 is 1.86 bits per heavy atom. The molecule has 1 rings (SSSR count). The maximum Gasteiger partial charge on any atom is 0.232 e. The Morgan fingerprint density at radius 3 is 2.29 bits per heavy atom. The van der Waals surface area contributed by atoms with Crippen molar-refractivity contribution in [1.29, 1.82) is 0 Å². The zero-order valence-electron chi connectivity index (χ0n) is 7.67. The average molecular weight is 212 g/mol. The van der Waals surface area contributed by atoms with Crippen molar-refractivity contribution < 1.29 is 13.2 Å². The fraction of sp³-hybridized carbons (Fsp3) is 0.222. The summed E-state index contributed by atoms with van der Waals surface area (Å²) in [6, 6.07) is 8.43. The van der Waals surface area contributed by atoms with Crippen LogP contribution in [0.5, 0.6) is 0 Å². The molecule has 0 amide bonds. The van der Waals surface area contributed by atoms with E-state index in [1.807, 2.05) is 0 Å². The molecule has 4 nitrogen and oxygen atoms in total. The van der Waals surface area contributed by atoms with Gasteiger partial charge in [-0.15, -0.1) is 0 Å². The summed E-state index contributed by atoms with van der Waals surface area (Å²) in [5.41, 5.74) is 0.471. The van der Waals surface area contributed by atoms with Crippen molar-refractivity contribution in [2.24, 2.45) is 0 Å². The molecule has 0 N–H and O–H groups in total. The Bertz CT molecular complexity index is 399. The topological polar surface area (TPSA) is 54.5 Å². The van der Waals surface area contributed by atoms with Crippen LogP contribution >= 0.6 is 0 Å². The summed E-state index contributed by atoms with van der Waals surface area (Å²) in [5.74, 6) is 0. The summed E-state index contributed by atoms with van der Waals surface area (Å²) in [4.78, 5) is 10.2. The van der Waals surface area contributed by atoms with E-state index in [-0.39, 0.29) is 6.54 Å². The maximum absolute atomic E-state index is 11.3. The monoisotopic (exact) mass is 212 g/mol. The number of hydrogen-bond donors (Lipinski definition) is 0. The number of anilines is 1. The predicted molar refractivity (Wildman–Crippen MR) is 54.3 cm³/mol. The van der Waals surface area contributed by atoms with Crippen molar-refractivity contribution in [2.45, 2.75) is 0 Å². The fourth-order valence-corrected chi connectivity index (χ4v) is 1.84. The molecule has 0 heterocycles. The Hall–Kier alpha value is -1.36. The van der Waals surface area contributed by atoms with Gasteiger partial charge in [0.2, 0.25) is 16.3 Å². The summed E-state index contributed by atoms with van der Waals surface area (Å²) in [7, 11) is -3.41. The SMILES string of the molecule is CS(=O)(=O)N(C[C]=O)c1ccccc1. The summed E-state index contributed by atoms with van der Waals surface area (Å²) >= 11 is 0. The highest BCUT2D eigenvalue weighted by atomic mass is 32.2. The number of benzene rings is 1. The molecule has 0 aliphatic heterocycles. The number of hydrogen-bond acceptors (Lipinski definition) is 3. The molecule has 75 valence electrons. The molecule has 1 aromatic rings. The molecule has 0 atom stereocenters. The summed E-state index contributed by atoms with van der Waals surface area (Å²) in [6.07, 6.45) is 2.62. The van der Waals surface area contributed by atoms with Gasteiger partial charge in [0.1, 0.15) is 6.54 Å². The van der Waals surface area contributed by atoms with Crippen molar-refractivity contribution in [3.63, 3.8) is 0 Å². The van der Waals surface area contributed by atoms with E-state index in [0.29, 0.717) is 5.69 Å². The predicted octanol–water partition coefficient (Wildman–Crippen LogP) is 0.562. The van der Waals surface area contributed by atoms with Crippen LogP contribution in [0, 0.1) is 0 Å². The molecule has 0 spiro atoms. The standard InChI is InChI=1S/C9H10NO3S/c1-14(12,13)10(7-8-11)9-5-3-2-4-6-9/h2-6H,7H2,1H3. The minimum absolute atomic E-state index is 0.275. The molecule has 0 fully saturated rings. The number of sulfonamides is 1. The van der Waals surface area contributed by atoms with E-state index in [0.717, 1.165) is 10.6 Å². The second kappa shape index (κ2) is 4.23. The molecule has 1 radical (unpaired) electrons. The highest BCUT2D eigenvalue weighted by molar-refractivity contribution is 7.92. The van der Waals surface area contributed by atoms with Gasteiger partial charge in [-0.3, -0.25) is 9.10 Å². The average Bonchev–Trinajstić information content (AvgIpc) is 2.14. The van der Waals surface area contributed by atoms with E-state index < -0.39 is 10.0 Å². The molecule has 1 aromatic carbocycles. The highest BCUT2D eigenvalue weighted by Gasteiger charge is 2.16. The van der Waals surface area contributed by atoms with E-state index in [4.69, 9.17) is 0 Å². The number of carbonyl (C=O) groups excluding carboxylic acids is 1. The van der Waals surface area contributed by atoms with E-state index >= 15 is 0 Å². The van der Waals surface area contributed by atoms with Gasteiger partial charge in [-0.25, -0.2) is 8.42 Å². The fourth-order valence-electron chi connectivity index (χ4n) is 1.05.